The van der Waals surface area contributed by atoms with Gasteiger partial charge in [0.1, 0.15) is 0 Å². The van der Waals surface area contributed by atoms with Crippen LogP contribution >= 0.6 is 0 Å². The number of hydrogen-bond donors (Lipinski definition) is 0. The molecule has 1 aliphatic carbocycles. The number of fused-ring (bicyclic) bond motifs is 4. The van der Waals surface area contributed by atoms with E-state index >= 15 is 0 Å². The molecule has 44 heavy (non-hydrogen) atoms. The predicted molar refractivity (Wildman–Crippen MR) is 188 cm³/mol. The fourth-order valence-corrected chi connectivity index (χ4v) is 7.20. The Morgan fingerprint density at radius 1 is 0.227 bits per heavy atom. The molecule has 8 aromatic rings. The maximum absolute atomic E-state index is 2.38. The van der Waals surface area contributed by atoms with Gasteiger partial charge in [0.15, 0.2) is 0 Å². The van der Waals surface area contributed by atoms with E-state index in [2.05, 4.69) is 170 Å². The summed E-state index contributed by atoms with van der Waals surface area (Å²) in [6, 6.07) is 62.2. The third-order valence-corrected chi connectivity index (χ3v) is 9.24. The second-order valence-electron chi connectivity index (χ2n) is 11.7. The van der Waals surface area contributed by atoms with Crippen molar-refractivity contribution >= 4 is 21.5 Å². The lowest BCUT2D eigenvalue weighted by Gasteiger charge is -2.16. The average Bonchev–Trinajstić information content (AvgIpc) is 3.43. The zero-order valence-electron chi connectivity index (χ0n) is 24.2. The Kier molecular flexibility index (Phi) is 5.61. The minimum Gasteiger partial charge on any atom is -0.0622 e. The molecule has 0 aromatic heterocycles. The molecule has 0 fully saturated rings. The van der Waals surface area contributed by atoms with E-state index in [1.807, 2.05) is 0 Å². The summed E-state index contributed by atoms with van der Waals surface area (Å²) in [5, 5.41) is 5.20. The van der Waals surface area contributed by atoms with Crippen LogP contribution in [0.3, 0.4) is 0 Å². The number of rotatable bonds is 4. The van der Waals surface area contributed by atoms with Gasteiger partial charge in [0.05, 0.1) is 0 Å². The van der Waals surface area contributed by atoms with Crippen molar-refractivity contribution in [3.05, 3.63) is 170 Å². The smallest absolute Gasteiger partial charge is 0.00201 e. The highest BCUT2D eigenvalue weighted by molar-refractivity contribution is 6.18. The Morgan fingerprint density at radius 2 is 0.773 bits per heavy atom. The molecule has 0 spiro atoms. The lowest BCUT2D eigenvalue weighted by atomic mass is 9.88. The van der Waals surface area contributed by atoms with Crippen LogP contribution in [0.5, 0.6) is 0 Å². The first-order valence-electron chi connectivity index (χ1n) is 15.3. The largest absolute Gasteiger partial charge is 0.0622 e. The van der Waals surface area contributed by atoms with E-state index < -0.39 is 0 Å². The first-order valence-corrected chi connectivity index (χ1v) is 15.3. The van der Waals surface area contributed by atoms with E-state index in [0.717, 1.165) is 0 Å². The molecule has 0 heterocycles. The molecule has 0 bridgehead atoms. The Hall–Kier alpha value is -5.72. The minimum atomic E-state index is 1.22. The zero-order chi connectivity index (χ0) is 29.0. The standard InChI is InChI=1S/C44H28/c1-2-11-29(12-3-1)35-24-23-32(28-43(35)37-20-9-14-30-13-4-5-17-34(30)37)31-15-8-16-33(27-31)36-25-26-42-39-19-7-6-18-38(39)41-22-10-21-40(36)44(41)42/h1-28H. The highest BCUT2D eigenvalue weighted by Crippen LogP contribution is 2.49. The van der Waals surface area contributed by atoms with Crippen molar-refractivity contribution in [1.29, 1.82) is 0 Å². The molecule has 0 heteroatoms. The van der Waals surface area contributed by atoms with Crippen molar-refractivity contribution in [3.63, 3.8) is 0 Å². The summed E-state index contributed by atoms with van der Waals surface area (Å²) in [5.74, 6) is 0. The molecule has 0 unspecified atom stereocenters. The quantitative estimate of drug-likeness (QED) is 0.202. The molecule has 0 nitrogen and oxygen atoms in total. The van der Waals surface area contributed by atoms with Crippen LogP contribution in [0, 0.1) is 0 Å². The zero-order valence-corrected chi connectivity index (χ0v) is 24.2. The van der Waals surface area contributed by atoms with Crippen LogP contribution in [0.15, 0.2) is 170 Å². The molecule has 0 saturated heterocycles. The summed E-state index contributed by atoms with van der Waals surface area (Å²) in [4.78, 5) is 0. The second kappa shape index (κ2) is 9.93. The van der Waals surface area contributed by atoms with E-state index in [-0.39, 0.29) is 0 Å². The molecule has 0 N–H and O–H groups in total. The summed E-state index contributed by atoms with van der Waals surface area (Å²) < 4.78 is 0. The Labute approximate surface area is 257 Å². The van der Waals surface area contributed by atoms with Crippen molar-refractivity contribution in [2.45, 2.75) is 0 Å². The van der Waals surface area contributed by atoms with Gasteiger partial charge in [-0.2, -0.15) is 0 Å². The van der Waals surface area contributed by atoms with Crippen molar-refractivity contribution < 1.29 is 0 Å². The Bertz CT molecular complexity index is 2340. The minimum absolute atomic E-state index is 1.22. The van der Waals surface area contributed by atoms with Crippen LogP contribution in [-0.4, -0.2) is 0 Å². The van der Waals surface area contributed by atoms with Crippen LogP contribution in [0.4, 0.5) is 0 Å². The van der Waals surface area contributed by atoms with E-state index in [4.69, 9.17) is 0 Å². The van der Waals surface area contributed by atoms with Gasteiger partial charge in [0, 0.05) is 0 Å². The van der Waals surface area contributed by atoms with Gasteiger partial charge in [-0.15, -0.1) is 0 Å². The number of benzene rings is 8. The third kappa shape index (κ3) is 3.85. The van der Waals surface area contributed by atoms with Gasteiger partial charge in [-0.3, -0.25) is 0 Å². The molecule has 8 aromatic carbocycles. The number of hydrogen-bond acceptors (Lipinski definition) is 0. The summed E-state index contributed by atoms with van der Waals surface area (Å²) in [6.07, 6.45) is 0. The van der Waals surface area contributed by atoms with Gasteiger partial charge in [-0.1, -0.05) is 158 Å². The van der Waals surface area contributed by atoms with Gasteiger partial charge < -0.3 is 0 Å². The third-order valence-electron chi connectivity index (χ3n) is 9.24. The lowest BCUT2D eigenvalue weighted by molar-refractivity contribution is 1.57. The highest BCUT2D eigenvalue weighted by Gasteiger charge is 2.22. The maximum Gasteiger partial charge on any atom is -0.00201 e. The topological polar surface area (TPSA) is 0 Å². The first kappa shape index (κ1) is 24.8. The van der Waals surface area contributed by atoms with Gasteiger partial charge >= 0.3 is 0 Å². The van der Waals surface area contributed by atoms with Crippen LogP contribution in [0.2, 0.25) is 0 Å². The van der Waals surface area contributed by atoms with Gasteiger partial charge in [-0.05, 0) is 100 Å². The molecule has 9 rings (SSSR count). The van der Waals surface area contributed by atoms with Gasteiger partial charge in [-0.25, -0.2) is 0 Å². The van der Waals surface area contributed by atoms with Crippen molar-refractivity contribution in [3.8, 4) is 66.8 Å². The molecule has 0 amide bonds. The molecular weight excluding hydrogens is 528 g/mol. The fraction of sp³-hybridized carbons (Fsp3) is 0. The Balaban J connectivity index is 1.22. The molecule has 0 aliphatic heterocycles. The summed E-state index contributed by atoms with van der Waals surface area (Å²) >= 11 is 0. The molecule has 1 aliphatic rings. The van der Waals surface area contributed by atoms with Crippen LogP contribution in [-0.2, 0) is 0 Å². The molecule has 0 atom stereocenters. The molecule has 204 valence electrons. The molecule has 0 radical (unpaired) electrons. The molecule has 0 saturated carbocycles. The van der Waals surface area contributed by atoms with Crippen LogP contribution in [0.25, 0.3) is 88.3 Å². The van der Waals surface area contributed by atoms with E-state index in [9.17, 15) is 0 Å². The predicted octanol–water partition coefficient (Wildman–Crippen LogP) is 12.3. The average molecular weight is 557 g/mol. The van der Waals surface area contributed by atoms with Crippen molar-refractivity contribution in [2.75, 3.05) is 0 Å². The first-order chi connectivity index (χ1) is 21.8. The van der Waals surface area contributed by atoms with Crippen molar-refractivity contribution in [1.82, 2.24) is 0 Å². The van der Waals surface area contributed by atoms with Gasteiger partial charge in [0.25, 0.3) is 0 Å². The van der Waals surface area contributed by atoms with Crippen LogP contribution < -0.4 is 0 Å². The second-order valence-corrected chi connectivity index (χ2v) is 11.7. The lowest BCUT2D eigenvalue weighted by Crippen LogP contribution is -1.90. The Morgan fingerprint density at radius 3 is 1.66 bits per heavy atom. The summed E-state index contributed by atoms with van der Waals surface area (Å²) in [7, 11) is 0. The molecular formula is C44H28. The monoisotopic (exact) mass is 556 g/mol. The maximum atomic E-state index is 2.38. The highest BCUT2D eigenvalue weighted by atomic mass is 14.2. The normalized spacial score (nSPS) is 11.6. The SMILES string of the molecule is c1ccc(-c2ccc(-c3cccc(-c4ccc5c6c(cccc46)-c4ccccc4-5)c3)cc2-c2cccc3ccccc23)cc1. The summed E-state index contributed by atoms with van der Waals surface area (Å²) in [6.45, 7) is 0. The van der Waals surface area contributed by atoms with Crippen molar-refractivity contribution in [2.24, 2.45) is 0 Å². The van der Waals surface area contributed by atoms with E-state index in [0.29, 0.717) is 0 Å². The summed E-state index contributed by atoms with van der Waals surface area (Å²) in [5.41, 5.74) is 15.3. The van der Waals surface area contributed by atoms with E-state index in [1.165, 1.54) is 88.3 Å². The van der Waals surface area contributed by atoms with Gasteiger partial charge in [0.2, 0.25) is 0 Å². The van der Waals surface area contributed by atoms with E-state index in [1.54, 1.807) is 0 Å². The fourth-order valence-electron chi connectivity index (χ4n) is 7.20. The van der Waals surface area contributed by atoms with Crippen LogP contribution in [0.1, 0.15) is 0 Å².